The lowest BCUT2D eigenvalue weighted by molar-refractivity contribution is 0.383. The average molecular weight is 252 g/mol. The molecular weight excluding hydrogens is 244 g/mol. The van der Waals surface area contributed by atoms with Gasteiger partial charge in [0.05, 0.1) is 0 Å². The van der Waals surface area contributed by atoms with E-state index in [1.165, 1.54) is 12.1 Å². The second-order valence-corrected chi connectivity index (χ2v) is 5.49. The molecule has 0 aromatic heterocycles. The van der Waals surface area contributed by atoms with Crippen molar-refractivity contribution in [3.05, 3.63) is 35.9 Å². The molecule has 1 N–H and O–H groups in total. The predicted octanol–water partition coefficient (Wildman–Crippen LogP) is 0.336. The summed E-state index contributed by atoms with van der Waals surface area (Å²) >= 11 is 0. The van der Waals surface area contributed by atoms with Gasteiger partial charge in [0, 0.05) is 0 Å². The summed E-state index contributed by atoms with van der Waals surface area (Å²) in [6.07, 6.45) is 0. The number of hydrogen-bond donors (Lipinski definition) is 1. The lowest BCUT2D eigenvalue weighted by atomic mass is 10.2. The molecule has 1 aromatic rings. The minimum Gasteiger partial charge on any atom is -0.263 e. The van der Waals surface area contributed by atoms with Gasteiger partial charge in [-0.05, 0) is 5.56 Å². The van der Waals surface area contributed by atoms with Gasteiger partial charge < -0.3 is 0 Å². The third-order valence-electron chi connectivity index (χ3n) is 1.38. The Morgan fingerprint density at radius 3 is 2.07 bits per heavy atom. The van der Waals surface area contributed by atoms with Gasteiger partial charge in [-0.15, -0.1) is 3.63 Å². The molecule has 0 aliphatic heterocycles. The standard InChI is InChI=1S/C7H8O6S2/c8-14(9,13-15(10,11)12)6-7-4-2-1-3-5-7/h1-5H,6H2,(H,10,11,12). The van der Waals surface area contributed by atoms with Crippen LogP contribution in [-0.2, 0) is 29.9 Å². The number of rotatable bonds is 4. The maximum absolute atomic E-state index is 11.1. The first kappa shape index (κ1) is 12.1. The van der Waals surface area contributed by atoms with Crippen molar-refractivity contribution < 1.29 is 25.0 Å². The van der Waals surface area contributed by atoms with Gasteiger partial charge in [0.1, 0.15) is 5.75 Å². The first-order valence-corrected chi connectivity index (χ1v) is 6.68. The molecule has 1 aromatic carbocycles. The van der Waals surface area contributed by atoms with Crippen molar-refractivity contribution in [3.63, 3.8) is 0 Å². The van der Waals surface area contributed by atoms with Crippen molar-refractivity contribution in [3.8, 4) is 0 Å². The third-order valence-corrected chi connectivity index (χ3v) is 3.58. The van der Waals surface area contributed by atoms with Crippen LogP contribution < -0.4 is 0 Å². The summed E-state index contributed by atoms with van der Waals surface area (Å²) in [5.41, 5.74) is 0.362. The average Bonchev–Trinajstić information content (AvgIpc) is 1.99. The van der Waals surface area contributed by atoms with Crippen LogP contribution >= 0.6 is 0 Å². The maximum Gasteiger partial charge on any atom is 0.412 e. The van der Waals surface area contributed by atoms with E-state index in [0.29, 0.717) is 5.56 Å². The van der Waals surface area contributed by atoms with E-state index in [2.05, 4.69) is 3.63 Å². The lowest BCUT2D eigenvalue weighted by Gasteiger charge is -2.01. The summed E-state index contributed by atoms with van der Waals surface area (Å²) in [7, 11) is -9.32. The van der Waals surface area contributed by atoms with Crippen LogP contribution in [0, 0.1) is 0 Å². The minimum atomic E-state index is -4.99. The molecule has 1 rings (SSSR count). The highest BCUT2D eigenvalue weighted by molar-refractivity contribution is 7.96. The van der Waals surface area contributed by atoms with Crippen molar-refractivity contribution in [2.45, 2.75) is 5.75 Å². The van der Waals surface area contributed by atoms with Gasteiger partial charge >= 0.3 is 10.4 Å². The van der Waals surface area contributed by atoms with Crippen LogP contribution in [0.15, 0.2) is 30.3 Å². The fraction of sp³-hybridized carbons (Fsp3) is 0.143. The molecule has 6 nitrogen and oxygen atoms in total. The molecule has 0 fully saturated rings. The first-order chi connectivity index (χ1) is 6.79. The molecule has 0 unspecified atom stereocenters. The molecule has 0 aliphatic carbocycles. The molecule has 84 valence electrons. The molecule has 0 saturated heterocycles. The Morgan fingerprint density at radius 2 is 1.60 bits per heavy atom. The fourth-order valence-corrected chi connectivity index (χ4v) is 2.77. The number of hydrogen-bond acceptors (Lipinski definition) is 5. The van der Waals surface area contributed by atoms with E-state index in [1.807, 2.05) is 0 Å². The molecule has 0 atom stereocenters. The predicted molar refractivity (Wildman–Crippen MR) is 51.7 cm³/mol. The highest BCUT2D eigenvalue weighted by atomic mass is 32.3. The van der Waals surface area contributed by atoms with E-state index in [-0.39, 0.29) is 0 Å². The molecule has 0 amide bonds. The van der Waals surface area contributed by atoms with Crippen LogP contribution in [-0.4, -0.2) is 21.4 Å². The smallest absolute Gasteiger partial charge is 0.263 e. The molecule has 0 bridgehead atoms. The topological polar surface area (TPSA) is 97.7 Å². The highest BCUT2D eigenvalue weighted by Gasteiger charge is 2.20. The Kier molecular flexibility index (Phi) is 3.45. The zero-order chi connectivity index (χ0) is 11.5. The summed E-state index contributed by atoms with van der Waals surface area (Å²) in [5, 5.41) is 0. The second-order valence-electron chi connectivity index (χ2n) is 2.68. The first-order valence-electron chi connectivity index (χ1n) is 3.74. The van der Waals surface area contributed by atoms with Gasteiger partial charge in [0.2, 0.25) is 0 Å². The summed E-state index contributed by atoms with van der Waals surface area (Å²) < 4.78 is 54.2. The summed E-state index contributed by atoms with van der Waals surface area (Å²) in [6, 6.07) is 7.85. The SMILES string of the molecule is O=S(=O)(O)OS(=O)(=O)Cc1ccccc1. The van der Waals surface area contributed by atoms with Crippen LogP contribution in [0.2, 0.25) is 0 Å². The summed E-state index contributed by atoms with van der Waals surface area (Å²) in [5.74, 6) is -0.617. The molecule has 0 saturated carbocycles. The zero-order valence-corrected chi connectivity index (χ0v) is 9.03. The van der Waals surface area contributed by atoms with E-state index in [1.54, 1.807) is 18.2 Å². The van der Waals surface area contributed by atoms with E-state index >= 15 is 0 Å². The van der Waals surface area contributed by atoms with E-state index in [4.69, 9.17) is 4.55 Å². The van der Waals surface area contributed by atoms with Crippen molar-refractivity contribution in [2.75, 3.05) is 0 Å². The van der Waals surface area contributed by atoms with E-state index in [0.717, 1.165) is 0 Å². The monoisotopic (exact) mass is 252 g/mol. The van der Waals surface area contributed by atoms with E-state index < -0.39 is 26.3 Å². The highest BCUT2D eigenvalue weighted by Crippen LogP contribution is 2.08. The molecule has 0 spiro atoms. The van der Waals surface area contributed by atoms with Gasteiger partial charge in [-0.2, -0.15) is 16.8 Å². The molecule has 15 heavy (non-hydrogen) atoms. The quantitative estimate of drug-likeness (QED) is 0.776. The normalized spacial score (nSPS) is 12.6. The maximum atomic E-state index is 11.1. The van der Waals surface area contributed by atoms with Gasteiger partial charge in [0.15, 0.2) is 0 Å². The van der Waals surface area contributed by atoms with Crippen LogP contribution in [0.3, 0.4) is 0 Å². The van der Waals surface area contributed by atoms with Crippen molar-refractivity contribution in [1.29, 1.82) is 0 Å². The second kappa shape index (κ2) is 4.27. The largest absolute Gasteiger partial charge is 0.412 e. The summed E-state index contributed by atoms with van der Waals surface area (Å²) in [6.45, 7) is 0. The van der Waals surface area contributed by atoms with Crippen LogP contribution in [0.1, 0.15) is 5.56 Å². The Hall–Kier alpha value is -0.960. The van der Waals surface area contributed by atoms with E-state index in [9.17, 15) is 16.8 Å². The Morgan fingerprint density at radius 1 is 1.07 bits per heavy atom. The Bertz CT molecular complexity index is 516. The van der Waals surface area contributed by atoms with Gasteiger partial charge in [-0.3, -0.25) is 4.55 Å². The number of benzene rings is 1. The van der Waals surface area contributed by atoms with Crippen LogP contribution in [0.25, 0.3) is 0 Å². The van der Waals surface area contributed by atoms with Gasteiger partial charge in [0.25, 0.3) is 10.1 Å². The van der Waals surface area contributed by atoms with Crippen molar-refractivity contribution >= 4 is 20.5 Å². The van der Waals surface area contributed by atoms with Gasteiger partial charge in [-0.25, -0.2) is 0 Å². The van der Waals surface area contributed by atoms with Crippen molar-refractivity contribution in [2.24, 2.45) is 0 Å². The summed E-state index contributed by atoms with van der Waals surface area (Å²) in [4.78, 5) is 0. The Labute approximate surface area is 87.6 Å². The van der Waals surface area contributed by atoms with Gasteiger partial charge in [-0.1, -0.05) is 30.3 Å². The zero-order valence-electron chi connectivity index (χ0n) is 7.40. The van der Waals surface area contributed by atoms with Crippen LogP contribution in [0.4, 0.5) is 0 Å². The lowest BCUT2D eigenvalue weighted by Crippen LogP contribution is -2.14. The fourth-order valence-electron chi connectivity index (χ4n) is 0.933. The molecule has 0 radical (unpaired) electrons. The molecular formula is C7H8O6S2. The van der Waals surface area contributed by atoms with Crippen LogP contribution in [0.5, 0.6) is 0 Å². The Balaban J connectivity index is 2.83. The van der Waals surface area contributed by atoms with Crippen molar-refractivity contribution in [1.82, 2.24) is 0 Å². The molecule has 8 heteroatoms. The third kappa shape index (κ3) is 4.88. The molecule has 0 aliphatic rings. The molecule has 0 heterocycles. The minimum absolute atomic E-state index is 0.362.